The van der Waals surface area contributed by atoms with E-state index >= 15 is 0 Å². The summed E-state index contributed by atoms with van der Waals surface area (Å²) in [6.07, 6.45) is 6.96. The van der Waals surface area contributed by atoms with E-state index in [1.54, 1.807) is 6.20 Å². The zero-order valence-electron chi connectivity index (χ0n) is 14.2. The number of ether oxygens (including phenoxy) is 1. The van der Waals surface area contributed by atoms with Gasteiger partial charge in [-0.15, -0.1) is 0 Å². The van der Waals surface area contributed by atoms with Crippen molar-refractivity contribution in [2.45, 2.75) is 44.4 Å². The van der Waals surface area contributed by atoms with Crippen LogP contribution in [0, 0.1) is 5.92 Å². The molecule has 2 heterocycles. The minimum atomic E-state index is 0.00786. The molecule has 0 bridgehead atoms. The first-order valence-electron chi connectivity index (χ1n) is 8.54. The van der Waals surface area contributed by atoms with Gasteiger partial charge in [0, 0.05) is 23.7 Å². The highest BCUT2D eigenvalue weighted by Gasteiger charge is 2.31. The summed E-state index contributed by atoms with van der Waals surface area (Å²) in [7, 11) is 0. The Morgan fingerprint density at radius 3 is 2.83 bits per heavy atom. The van der Waals surface area contributed by atoms with Crippen LogP contribution in [-0.4, -0.2) is 27.6 Å². The van der Waals surface area contributed by atoms with E-state index < -0.39 is 0 Å². The topological polar surface area (TPSA) is 61.0 Å². The summed E-state index contributed by atoms with van der Waals surface area (Å²) in [5, 5.41) is 2.95. The molecule has 0 aliphatic heterocycles. The third-order valence-corrected chi connectivity index (χ3v) is 5.78. The highest BCUT2D eigenvalue weighted by molar-refractivity contribution is 7.99. The van der Waals surface area contributed by atoms with Gasteiger partial charge in [0.1, 0.15) is 5.15 Å². The van der Waals surface area contributed by atoms with Crippen LogP contribution >= 0.6 is 23.4 Å². The molecule has 0 spiro atoms. The van der Waals surface area contributed by atoms with Crippen LogP contribution in [0.15, 0.2) is 18.5 Å². The van der Waals surface area contributed by atoms with Gasteiger partial charge in [-0.3, -0.25) is 0 Å². The van der Waals surface area contributed by atoms with Crippen molar-refractivity contribution in [2.24, 2.45) is 11.7 Å². The fraction of sp³-hybridized carbons (Fsp3) is 0.556. The summed E-state index contributed by atoms with van der Waals surface area (Å²) >= 11 is 8.05. The SMILES string of the molecule is CCSC(C)CCOc1ncc(C(N)C2CC2)c2cc(Cl)ncc12. The fourth-order valence-corrected chi connectivity index (χ4v) is 3.88. The first-order valence-corrected chi connectivity index (χ1v) is 9.97. The maximum atomic E-state index is 6.39. The molecule has 0 saturated heterocycles. The molecule has 1 aliphatic carbocycles. The van der Waals surface area contributed by atoms with Gasteiger partial charge in [0.25, 0.3) is 0 Å². The number of aromatic nitrogens is 2. The van der Waals surface area contributed by atoms with Crippen LogP contribution in [0.25, 0.3) is 10.8 Å². The molecule has 2 aromatic heterocycles. The zero-order valence-corrected chi connectivity index (χ0v) is 15.7. The van der Waals surface area contributed by atoms with Crippen molar-refractivity contribution in [3.05, 3.63) is 29.2 Å². The lowest BCUT2D eigenvalue weighted by Crippen LogP contribution is -2.14. The van der Waals surface area contributed by atoms with Gasteiger partial charge < -0.3 is 10.5 Å². The molecule has 24 heavy (non-hydrogen) atoms. The van der Waals surface area contributed by atoms with E-state index in [-0.39, 0.29) is 6.04 Å². The van der Waals surface area contributed by atoms with Crippen LogP contribution in [-0.2, 0) is 0 Å². The van der Waals surface area contributed by atoms with Gasteiger partial charge in [-0.25, -0.2) is 9.97 Å². The lowest BCUT2D eigenvalue weighted by Gasteiger charge is -2.16. The Morgan fingerprint density at radius 2 is 2.12 bits per heavy atom. The van der Waals surface area contributed by atoms with Crippen LogP contribution in [0.1, 0.15) is 44.7 Å². The van der Waals surface area contributed by atoms with E-state index in [0.29, 0.717) is 28.8 Å². The second-order valence-corrected chi connectivity index (χ2v) is 8.44. The Bertz CT molecular complexity index is 708. The molecule has 130 valence electrons. The number of nitrogens with zero attached hydrogens (tertiary/aromatic N) is 2. The largest absolute Gasteiger partial charge is 0.477 e. The molecular weight excluding hydrogens is 342 g/mol. The zero-order chi connectivity index (χ0) is 17.1. The van der Waals surface area contributed by atoms with Crippen molar-refractivity contribution in [1.29, 1.82) is 0 Å². The Balaban J connectivity index is 1.83. The Hall–Kier alpha value is -1.04. The summed E-state index contributed by atoms with van der Waals surface area (Å²) in [6.45, 7) is 5.05. The highest BCUT2D eigenvalue weighted by Crippen LogP contribution is 2.42. The molecule has 1 saturated carbocycles. The number of hydrogen-bond acceptors (Lipinski definition) is 5. The first-order chi connectivity index (χ1) is 11.6. The molecule has 2 aromatic rings. The summed E-state index contributed by atoms with van der Waals surface area (Å²) in [5.74, 6) is 2.30. The molecule has 0 amide bonds. The maximum absolute atomic E-state index is 6.39. The van der Waals surface area contributed by atoms with E-state index in [1.807, 2.05) is 24.0 Å². The van der Waals surface area contributed by atoms with Crippen LogP contribution in [0.2, 0.25) is 5.15 Å². The van der Waals surface area contributed by atoms with Gasteiger partial charge in [0.15, 0.2) is 0 Å². The van der Waals surface area contributed by atoms with Crippen LogP contribution < -0.4 is 10.5 Å². The number of pyridine rings is 2. The fourth-order valence-electron chi connectivity index (χ4n) is 2.89. The molecule has 2 atom stereocenters. The first kappa shape index (κ1) is 17.8. The molecule has 4 nitrogen and oxygen atoms in total. The van der Waals surface area contributed by atoms with Gasteiger partial charge in [-0.2, -0.15) is 11.8 Å². The van der Waals surface area contributed by atoms with E-state index in [4.69, 9.17) is 22.1 Å². The van der Waals surface area contributed by atoms with E-state index in [9.17, 15) is 0 Å². The average molecular weight is 366 g/mol. The Labute approximate surface area is 152 Å². The average Bonchev–Trinajstić information content (AvgIpc) is 3.39. The smallest absolute Gasteiger partial charge is 0.222 e. The molecule has 1 fully saturated rings. The predicted octanol–water partition coefficient (Wildman–Crippen LogP) is 4.60. The summed E-state index contributed by atoms with van der Waals surface area (Å²) < 4.78 is 5.94. The molecule has 3 rings (SSSR count). The molecule has 2 N–H and O–H groups in total. The monoisotopic (exact) mass is 365 g/mol. The maximum Gasteiger partial charge on any atom is 0.222 e. The lowest BCUT2D eigenvalue weighted by atomic mass is 10.00. The third-order valence-electron chi connectivity index (χ3n) is 4.44. The summed E-state index contributed by atoms with van der Waals surface area (Å²) in [5.41, 5.74) is 7.43. The van der Waals surface area contributed by atoms with Crippen LogP contribution in [0.3, 0.4) is 0 Å². The molecule has 0 radical (unpaired) electrons. The summed E-state index contributed by atoms with van der Waals surface area (Å²) in [4.78, 5) is 8.72. The third kappa shape index (κ3) is 4.13. The van der Waals surface area contributed by atoms with Crippen LogP contribution in [0.4, 0.5) is 0 Å². The minimum absolute atomic E-state index is 0.00786. The number of rotatable bonds is 8. The molecule has 6 heteroatoms. The van der Waals surface area contributed by atoms with E-state index in [2.05, 4.69) is 23.8 Å². The van der Waals surface area contributed by atoms with Crippen molar-refractivity contribution >= 4 is 34.1 Å². The molecular formula is C18H24ClN3OS. The number of hydrogen-bond donors (Lipinski definition) is 1. The number of thioether (sulfide) groups is 1. The normalized spacial score (nSPS) is 17.0. The second kappa shape index (κ2) is 7.89. The van der Waals surface area contributed by atoms with Gasteiger partial charge in [0.2, 0.25) is 5.88 Å². The Kier molecular flexibility index (Phi) is 5.85. The van der Waals surface area contributed by atoms with E-state index in [1.165, 1.54) is 12.8 Å². The lowest BCUT2D eigenvalue weighted by molar-refractivity contribution is 0.303. The standard InChI is InChI=1S/C18H24ClN3OS/c1-3-24-11(2)6-7-23-18-15-10-21-16(19)8-13(15)14(9-22-18)17(20)12-4-5-12/h8-12,17H,3-7,20H2,1-2H3. The van der Waals surface area contributed by atoms with Crippen molar-refractivity contribution in [2.75, 3.05) is 12.4 Å². The minimum Gasteiger partial charge on any atom is -0.477 e. The quantitative estimate of drug-likeness (QED) is 0.692. The van der Waals surface area contributed by atoms with Crippen molar-refractivity contribution < 1.29 is 4.74 Å². The summed E-state index contributed by atoms with van der Waals surface area (Å²) in [6, 6.07) is 1.88. The highest BCUT2D eigenvalue weighted by atomic mass is 35.5. The molecule has 0 aromatic carbocycles. The molecule has 1 aliphatic rings. The number of nitrogens with two attached hydrogens (primary N) is 1. The Morgan fingerprint density at radius 1 is 1.33 bits per heavy atom. The van der Waals surface area contributed by atoms with Crippen molar-refractivity contribution in [3.63, 3.8) is 0 Å². The second-order valence-electron chi connectivity index (χ2n) is 6.34. The van der Waals surface area contributed by atoms with Crippen LogP contribution in [0.5, 0.6) is 5.88 Å². The van der Waals surface area contributed by atoms with Gasteiger partial charge in [-0.1, -0.05) is 25.4 Å². The van der Waals surface area contributed by atoms with Gasteiger partial charge in [-0.05, 0) is 47.9 Å². The number of fused-ring (bicyclic) bond motifs is 1. The predicted molar refractivity (Wildman–Crippen MR) is 102 cm³/mol. The van der Waals surface area contributed by atoms with Crippen molar-refractivity contribution in [3.8, 4) is 5.88 Å². The number of halogens is 1. The van der Waals surface area contributed by atoms with Gasteiger partial charge in [0.05, 0.1) is 12.0 Å². The van der Waals surface area contributed by atoms with Gasteiger partial charge >= 0.3 is 0 Å². The van der Waals surface area contributed by atoms with Crippen molar-refractivity contribution in [1.82, 2.24) is 9.97 Å². The van der Waals surface area contributed by atoms with E-state index in [0.717, 1.165) is 28.5 Å². The molecule has 2 unspecified atom stereocenters.